The van der Waals surface area contributed by atoms with Crippen LogP contribution in [-0.4, -0.2) is 29.6 Å². The van der Waals surface area contributed by atoms with Gasteiger partial charge in [-0.1, -0.05) is 36.2 Å². The van der Waals surface area contributed by atoms with E-state index in [1.807, 2.05) is 24.3 Å². The second-order valence-electron chi connectivity index (χ2n) is 4.88. The van der Waals surface area contributed by atoms with Crippen LogP contribution in [0, 0.1) is 0 Å². The average molecular weight is 284 g/mol. The van der Waals surface area contributed by atoms with E-state index < -0.39 is 5.97 Å². The van der Waals surface area contributed by atoms with Crippen LogP contribution in [0.4, 0.5) is 0 Å². The minimum Gasteiger partial charge on any atom is -0.481 e. The van der Waals surface area contributed by atoms with Crippen molar-refractivity contribution in [3.8, 4) is 0 Å². The maximum atomic E-state index is 10.4. The monoisotopic (exact) mass is 283 g/mol. The fourth-order valence-corrected chi connectivity index (χ4v) is 2.35. The van der Waals surface area contributed by atoms with Gasteiger partial charge < -0.3 is 5.11 Å². The van der Waals surface area contributed by atoms with Crippen molar-refractivity contribution in [1.82, 2.24) is 4.90 Å². The number of hydrogen-bond acceptors (Lipinski definition) is 2. The fourth-order valence-electron chi connectivity index (χ4n) is 2.06. The highest BCUT2D eigenvalue weighted by atomic mass is 35.5. The highest BCUT2D eigenvalue weighted by Gasteiger charge is 2.13. The van der Waals surface area contributed by atoms with Crippen LogP contribution in [0.2, 0.25) is 5.02 Å². The highest BCUT2D eigenvalue weighted by Crippen LogP contribution is 2.26. The molecule has 1 unspecified atom stereocenters. The summed E-state index contributed by atoms with van der Waals surface area (Å²) in [5, 5.41) is 9.36. The lowest BCUT2D eigenvalue weighted by molar-refractivity contribution is -0.137. The SMILES string of the molecule is CC(c1ccccc1Cl)N(C)CCCCCC(=O)O. The number of benzene rings is 1. The molecule has 0 aliphatic heterocycles. The molecule has 3 nitrogen and oxygen atoms in total. The normalized spacial score (nSPS) is 12.6. The van der Waals surface area contributed by atoms with Gasteiger partial charge in [0.25, 0.3) is 0 Å². The number of carbonyl (C=O) groups is 1. The molecule has 0 fully saturated rings. The molecule has 106 valence electrons. The highest BCUT2D eigenvalue weighted by molar-refractivity contribution is 6.31. The second kappa shape index (κ2) is 8.18. The first-order valence-corrected chi connectivity index (χ1v) is 7.06. The van der Waals surface area contributed by atoms with Gasteiger partial charge in [0.1, 0.15) is 0 Å². The van der Waals surface area contributed by atoms with Crippen LogP contribution in [0.1, 0.15) is 44.2 Å². The maximum absolute atomic E-state index is 10.4. The van der Waals surface area contributed by atoms with E-state index in [-0.39, 0.29) is 12.5 Å². The lowest BCUT2D eigenvalue weighted by atomic mass is 10.1. The van der Waals surface area contributed by atoms with Gasteiger partial charge in [-0.15, -0.1) is 0 Å². The molecule has 0 aromatic heterocycles. The molecule has 1 aromatic rings. The zero-order valence-electron chi connectivity index (χ0n) is 11.6. The number of carboxylic acids is 1. The van der Waals surface area contributed by atoms with Gasteiger partial charge in [0, 0.05) is 17.5 Å². The van der Waals surface area contributed by atoms with Gasteiger partial charge in [-0.3, -0.25) is 9.69 Å². The third-order valence-corrected chi connectivity index (χ3v) is 3.76. The Labute approximate surface area is 120 Å². The molecule has 0 saturated heterocycles. The van der Waals surface area contributed by atoms with E-state index in [0.29, 0.717) is 0 Å². The summed E-state index contributed by atoms with van der Waals surface area (Å²) in [5.74, 6) is -0.710. The Morgan fingerprint density at radius 3 is 2.63 bits per heavy atom. The summed E-state index contributed by atoms with van der Waals surface area (Å²) in [6.07, 6.45) is 2.98. The van der Waals surface area contributed by atoms with Crippen molar-refractivity contribution < 1.29 is 9.90 Å². The molecular formula is C15H22ClNO2. The first-order chi connectivity index (χ1) is 9.02. The fraction of sp³-hybridized carbons (Fsp3) is 0.533. The zero-order valence-corrected chi connectivity index (χ0v) is 12.4. The minimum absolute atomic E-state index is 0.268. The van der Waals surface area contributed by atoms with Crippen molar-refractivity contribution in [2.75, 3.05) is 13.6 Å². The van der Waals surface area contributed by atoms with Crippen molar-refractivity contribution in [1.29, 1.82) is 0 Å². The molecule has 0 bridgehead atoms. The van der Waals surface area contributed by atoms with Gasteiger partial charge >= 0.3 is 5.97 Å². The molecule has 0 amide bonds. The average Bonchev–Trinajstić information content (AvgIpc) is 2.37. The first-order valence-electron chi connectivity index (χ1n) is 6.69. The van der Waals surface area contributed by atoms with Crippen molar-refractivity contribution in [3.63, 3.8) is 0 Å². The summed E-state index contributed by atoms with van der Waals surface area (Å²) in [6, 6.07) is 8.17. The second-order valence-corrected chi connectivity index (χ2v) is 5.29. The number of hydrogen-bond donors (Lipinski definition) is 1. The Morgan fingerprint density at radius 1 is 1.32 bits per heavy atom. The Kier molecular flexibility index (Phi) is 6.89. The van der Waals surface area contributed by atoms with Crippen LogP contribution >= 0.6 is 11.6 Å². The maximum Gasteiger partial charge on any atom is 0.303 e. The Morgan fingerprint density at radius 2 is 2.00 bits per heavy atom. The van der Waals surface area contributed by atoms with Gasteiger partial charge in [0.05, 0.1) is 0 Å². The molecule has 1 aromatic carbocycles. The molecule has 0 saturated carbocycles. The van der Waals surface area contributed by atoms with E-state index in [2.05, 4.69) is 18.9 Å². The lowest BCUT2D eigenvalue weighted by Gasteiger charge is -2.25. The van der Waals surface area contributed by atoms with E-state index in [9.17, 15) is 4.79 Å². The molecule has 0 spiro atoms. The summed E-state index contributed by atoms with van der Waals surface area (Å²) in [7, 11) is 2.07. The molecule has 4 heteroatoms. The number of aliphatic carboxylic acids is 1. The molecule has 0 aliphatic carbocycles. The largest absolute Gasteiger partial charge is 0.481 e. The van der Waals surface area contributed by atoms with E-state index >= 15 is 0 Å². The number of halogens is 1. The summed E-state index contributed by atoms with van der Waals surface area (Å²) >= 11 is 6.19. The molecule has 0 radical (unpaired) electrons. The van der Waals surface area contributed by atoms with Crippen LogP contribution in [0.25, 0.3) is 0 Å². The molecule has 1 N–H and O–H groups in total. The summed E-state index contributed by atoms with van der Waals surface area (Å²) in [5.41, 5.74) is 1.14. The zero-order chi connectivity index (χ0) is 14.3. The van der Waals surface area contributed by atoms with Gasteiger partial charge in [-0.25, -0.2) is 0 Å². The summed E-state index contributed by atoms with van der Waals surface area (Å²) in [6.45, 7) is 3.09. The van der Waals surface area contributed by atoms with Crippen LogP contribution in [0.15, 0.2) is 24.3 Å². The van der Waals surface area contributed by atoms with Crippen LogP contribution in [0.5, 0.6) is 0 Å². The molecular weight excluding hydrogens is 262 g/mol. The Balaban J connectivity index is 2.35. The topological polar surface area (TPSA) is 40.5 Å². The van der Waals surface area contributed by atoms with Gasteiger partial charge in [0.2, 0.25) is 0 Å². The number of nitrogens with zero attached hydrogens (tertiary/aromatic N) is 1. The van der Waals surface area contributed by atoms with E-state index in [1.165, 1.54) is 0 Å². The van der Waals surface area contributed by atoms with Crippen LogP contribution in [0.3, 0.4) is 0 Å². The van der Waals surface area contributed by atoms with Gasteiger partial charge in [-0.2, -0.15) is 0 Å². The predicted octanol–water partition coefficient (Wildman–Crippen LogP) is 3.98. The standard InChI is InChI=1S/C15H22ClNO2/c1-12(13-8-5-6-9-14(13)16)17(2)11-7-3-4-10-15(18)19/h5-6,8-9,12H,3-4,7,10-11H2,1-2H3,(H,18,19). The minimum atomic E-state index is -0.710. The summed E-state index contributed by atoms with van der Waals surface area (Å²) in [4.78, 5) is 12.7. The summed E-state index contributed by atoms with van der Waals surface area (Å²) < 4.78 is 0. The Hall–Kier alpha value is -1.06. The van der Waals surface area contributed by atoms with Crippen LogP contribution in [-0.2, 0) is 4.79 Å². The van der Waals surface area contributed by atoms with Crippen molar-refractivity contribution in [3.05, 3.63) is 34.9 Å². The smallest absolute Gasteiger partial charge is 0.303 e. The van der Waals surface area contributed by atoms with E-state index in [0.717, 1.165) is 36.4 Å². The predicted molar refractivity (Wildman–Crippen MR) is 78.6 cm³/mol. The van der Waals surface area contributed by atoms with E-state index in [1.54, 1.807) is 0 Å². The molecule has 0 aliphatic rings. The molecule has 19 heavy (non-hydrogen) atoms. The van der Waals surface area contributed by atoms with Gasteiger partial charge in [0.15, 0.2) is 0 Å². The third-order valence-electron chi connectivity index (χ3n) is 3.42. The Bertz CT molecular complexity index is 409. The quantitative estimate of drug-likeness (QED) is 0.734. The molecule has 1 rings (SSSR count). The van der Waals surface area contributed by atoms with Crippen molar-refractivity contribution in [2.45, 2.75) is 38.6 Å². The number of rotatable bonds is 8. The van der Waals surface area contributed by atoms with E-state index in [4.69, 9.17) is 16.7 Å². The molecule has 1 atom stereocenters. The molecule has 0 heterocycles. The third kappa shape index (κ3) is 5.62. The van der Waals surface area contributed by atoms with Crippen molar-refractivity contribution >= 4 is 17.6 Å². The number of unbranched alkanes of at least 4 members (excludes halogenated alkanes) is 2. The van der Waals surface area contributed by atoms with Crippen LogP contribution < -0.4 is 0 Å². The van der Waals surface area contributed by atoms with Gasteiger partial charge in [-0.05, 0) is 45.0 Å². The first kappa shape index (κ1) is 16.0. The lowest BCUT2D eigenvalue weighted by Crippen LogP contribution is -2.23. The number of carboxylic acid groups (broad SMARTS) is 1. The van der Waals surface area contributed by atoms with Crippen molar-refractivity contribution in [2.24, 2.45) is 0 Å².